The number of anilines is 1. The van der Waals surface area contributed by atoms with Crippen molar-refractivity contribution in [2.45, 2.75) is 39.2 Å². The molecule has 16 heavy (non-hydrogen) atoms. The third kappa shape index (κ3) is 3.15. The van der Waals surface area contributed by atoms with E-state index in [0.717, 1.165) is 25.3 Å². The monoisotopic (exact) mass is 231 g/mol. The normalized spacial score (nSPS) is 12.6. The minimum Gasteiger partial charge on any atom is -0.380 e. The maximum atomic E-state index is 13.3. The van der Waals surface area contributed by atoms with Crippen LogP contribution >= 0.6 is 0 Å². The van der Waals surface area contributed by atoms with Crippen LogP contribution in [0.5, 0.6) is 0 Å². The molecule has 1 atom stereocenters. The molecule has 0 aromatic heterocycles. The van der Waals surface area contributed by atoms with E-state index in [1.54, 1.807) is 0 Å². The van der Waals surface area contributed by atoms with Crippen LogP contribution in [0.25, 0.3) is 0 Å². The van der Waals surface area contributed by atoms with Crippen molar-refractivity contribution in [3.8, 4) is 0 Å². The second-order valence-corrected chi connectivity index (χ2v) is 3.91. The van der Waals surface area contributed by atoms with Gasteiger partial charge in [-0.3, -0.25) is 0 Å². The van der Waals surface area contributed by atoms with E-state index in [-0.39, 0.29) is 11.7 Å². The summed E-state index contributed by atoms with van der Waals surface area (Å²) in [4.78, 5) is 0. The molecule has 0 saturated carbocycles. The summed E-state index contributed by atoms with van der Waals surface area (Å²) in [6.07, 6.45) is 2.93. The van der Waals surface area contributed by atoms with Crippen molar-refractivity contribution in [1.29, 1.82) is 0 Å². The molecule has 1 unspecified atom stereocenters. The van der Waals surface area contributed by atoms with Crippen molar-refractivity contribution >= 4 is 5.69 Å². The fraction of sp³-hybridized carbons (Fsp3) is 0.500. The first kappa shape index (κ1) is 12.9. The minimum absolute atomic E-state index is 0.0162. The molecule has 1 N–H and O–H groups in total. The molecule has 0 saturated heterocycles. The maximum Gasteiger partial charge on any atom is 0.196 e. The van der Waals surface area contributed by atoms with E-state index in [1.165, 1.54) is 6.07 Å². The summed E-state index contributed by atoms with van der Waals surface area (Å²) >= 11 is 0. The third-order valence-electron chi connectivity index (χ3n) is 2.43. The van der Waals surface area contributed by atoms with Gasteiger partial charge in [0.2, 0.25) is 0 Å². The fourth-order valence-corrected chi connectivity index (χ4v) is 1.49. The number of benzene rings is 1. The van der Waals surface area contributed by atoms with Crippen LogP contribution in [0.15, 0.2) is 12.1 Å². The lowest BCUT2D eigenvalue weighted by atomic mass is 10.1. The Morgan fingerprint density at radius 2 is 1.88 bits per heavy atom. The lowest BCUT2D eigenvalue weighted by Gasteiger charge is -2.15. The largest absolute Gasteiger partial charge is 0.380 e. The van der Waals surface area contributed by atoms with E-state index in [4.69, 9.17) is 0 Å². The van der Waals surface area contributed by atoms with Crippen LogP contribution in [-0.4, -0.2) is 6.04 Å². The summed E-state index contributed by atoms with van der Waals surface area (Å²) in [6.45, 7) is 3.95. The zero-order valence-electron chi connectivity index (χ0n) is 9.49. The SMILES string of the molecule is CCCCC(C)Nc1ccc(F)c(F)c1F. The van der Waals surface area contributed by atoms with Crippen LogP contribution in [0.1, 0.15) is 33.1 Å². The van der Waals surface area contributed by atoms with Gasteiger partial charge in [0.15, 0.2) is 17.5 Å². The number of unbranched alkanes of at least 4 members (excludes halogenated alkanes) is 1. The highest BCUT2D eigenvalue weighted by atomic mass is 19.2. The molecule has 1 rings (SSSR count). The Hall–Kier alpha value is -1.19. The van der Waals surface area contributed by atoms with Crippen molar-refractivity contribution in [3.63, 3.8) is 0 Å². The van der Waals surface area contributed by atoms with E-state index < -0.39 is 17.5 Å². The smallest absolute Gasteiger partial charge is 0.196 e. The topological polar surface area (TPSA) is 12.0 Å². The second kappa shape index (κ2) is 5.77. The zero-order chi connectivity index (χ0) is 12.1. The summed E-state index contributed by atoms with van der Waals surface area (Å²) < 4.78 is 38.8. The maximum absolute atomic E-state index is 13.3. The summed E-state index contributed by atoms with van der Waals surface area (Å²) in [7, 11) is 0. The van der Waals surface area contributed by atoms with Crippen LogP contribution in [0.3, 0.4) is 0 Å². The molecule has 0 fully saturated rings. The number of rotatable bonds is 5. The molecule has 90 valence electrons. The van der Waals surface area contributed by atoms with Gasteiger partial charge in [-0.05, 0) is 25.5 Å². The van der Waals surface area contributed by atoms with Gasteiger partial charge in [-0.15, -0.1) is 0 Å². The van der Waals surface area contributed by atoms with Crippen LogP contribution in [0.4, 0.5) is 18.9 Å². The van der Waals surface area contributed by atoms with Gasteiger partial charge in [-0.2, -0.15) is 0 Å². The van der Waals surface area contributed by atoms with Crippen molar-refractivity contribution in [2.24, 2.45) is 0 Å². The highest BCUT2D eigenvalue weighted by Gasteiger charge is 2.14. The van der Waals surface area contributed by atoms with Gasteiger partial charge in [0.1, 0.15) is 0 Å². The van der Waals surface area contributed by atoms with Gasteiger partial charge in [-0.1, -0.05) is 19.8 Å². The average Bonchev–Trinajstić information content (AvgIpc) is 2.27. The van der Waals surface area contributed by atoms with Gasteiger partial charge < -0.3 is 5.32 Å². The number of hydrogen-bond acceptors (Lipinski definition) is 1. The van der Waals surface area contributed by atoms with Gasteiger partial charge in [0.05, 0.1) is 5.69 Å². The quantitative estimate of drug-likeness (QED) is 0.752. The van der Waals surface area contributed by atoms with Crippen LogP contribution in [0, 0.1) is 17.5 Å². The van der Waals surface area contributed by atoms with E-state index >= 15 is 0 Å². The molecule has 0 heterocycles. The van der Waals surface area contributed by atoms with E-state index in [0.29, 0.717) is 0 Å². The number of hydrogen-bond donors (Lipinski definition) is 1. The Bertz CT molecular complexity index is 352. The first-order chi connectivity index (χ1) is 7.56. The summed E-state index contributed by atoms with van der Waals surface area (Å²) in [5.74, 6) is -3.74. The molecule has 1 aromatic rings. The highest BCUT2D eigenvalue weighted by molar-refractivity contribution is 5.46. The first-order valence-corrected chi connectivity index (χ1v) is 5.46. The van der Waals surface area contributed by atoms with Crippen molar-refractivity contribution in [2.75, 3.05) is 5.32 Å². The molecule has 0 aliphatic heterocycles. The lowest BCUT2D eigenvalue weighted by Crippen LogP contribution is -2.16. The minimum atomic E-state index is -1.42. The predicted molar refractivity (Wildman–Crippen MR) is 58.9 cm³/mol. The predicted octanol–water partition coefficient (Wildman–Crippen LogP) is 4.09. The summed E-state index contributed by atoms with van der Waals surface area (Å²) in [6, 6.07) is 2.18. The van der Waals surface area contributed by atoms with Crippen LogP contribution in [-0.2, 0) is 0 Å². The Balaban J connectivity index is 2.70. The molecule has 1 aromatic carbocycles. The Morgan fingerprint density at radius 1 is 1.19 bits per heavy atom. The standard InChI is InChI=1S/C12H16F3N/c1-3-4-5-8(2)16-10-7-6-9(13)11(14)12(10)15/h6-8,16H,3-5H2,1-2H3. The van der Waals surface area contributed by atoms with E-state index in [1.807, 2.05) is 6.92 Å². The zero-order valence-corrected chi connectivity index (χ0v) is 9.49. The van der Waals surface area contributed by atoms with Crippen LogP contribution < -0.4 is 5.32 Å². The van der Waals surface area contributed by atoms with Gasteiger partial charge >= 0.3 is 0 Å². The Labute approximate surface area is 93.7 Å². The average molecular weight is 231 g/mol. The lowest BCUT2D eigenvalue weighted by molar-refractivity contribution is 0.448. The molecule has 4 heteroatoms. The van der Waals surface area contributed by atoms with E-state index in [2.05, 4.69) is 12.2 Å². The van der Waals surface area contributed by atoms with Crippen molar-refractivity contribution < 1.29 is 13.2 Å². The molecular formula is C12H16F3N. The first-order valence-electron chi connectivity index (χ1n) is 5.46. The number of halogens is 3. The molecular weight excluding hydrogens is 215 g/mol. The Morgan fingerprint density at radius 3 is 2.50 bits per heavy atom. The van der Waals surface area contributed by atoms with Gasteiger partial charge in [0.25, 0.3) is 0 Å². The van der Waals surface area contributed by atoms with Crippen molar-refractivity contribution in [3.05, 3.63) is 29.6 Å². The molecule has 0 radical (unpaired) electrons. The molecule has 0 amide bonds. The summed E-state index contributed by atoms with van der Waals surface area (Å²) in [5, 5.41) is 2.83. The van der Waals surface area contributed by atoms with Crippen LogP contribution in [0.2, 0.25) is 0 Å². The summed E-state index contributed by atoms with van der Waals surface area (Å²) in [5.41, 5.74) is 0.0162. The molecule has 0 bridgehead atoms. The van der Waals surface area contributed by atoms with Gasteiger partial charge in [-0.25, -0.2) is 13.2 Å². The second-order valence-electron chi connectivity index (χ2n) is 3.91. The number of nitrogens with one attached hydrogen (secondary N) is 1. The van der Waals surface area contributed by atoms with Crippen molar-refractivity contribution in [1.82, 2.24) is 0 Å². The molecule has 0 spiro atoms. The molecule has 0 aliphatic rings. The van der Waals surface area contributed by atoms with Gasteiger partial charge in [0, 0.05) is 6.04 Å². The third-order valence-corrected chi connectivity index (χ3v) is 2.43. The molecule has 0 aliphatic carbocycles. The Kier molecular flexibility index (Phi) is 4.65. The fourth-order valence-electron chi connectivity index (χ4n) is 1.49. The highest BCUT2D eigenvalue weighted by Crippen LogP contribution is 2.21. The molecule has 1 nitrogen and oxygen atoms in total. The van der Waals surface area contributed by atoms with E-state index in [9.17, 15) is 13.2 Å².